The van der Waals surface area contributed by atoms with E-state index in [1.165, 1.54) is 6.07 Å². The highest BCUT2D eigenvalue weighted by molar-refractivity contribution is 9.10. The third kappa shape index (κ3) is 2.51. The van der Waals surface area contributed by atoms with Gasteiger partial charge in [0.1, 0.15) is 4.60 Å². The van der Waals surface area contributed by atoms with Crippen LogP contribution in [0.2, 0.25) is 5.02 Å². The minimum atomic E-state index is -2.64. The molecule has 1 nitrogen and oxygen atoms in total. The number of aromatic nitrogens is 1. The third-order valence-corrected chi connectivity index (χ3v) is 2.56. The molecule has 0 unspecified atom stereocenters. The molecule has 0 aliphatic carbocycles. The summed E-state index contributed by atoms with van der Waals surface area (Å²) in [5, 5.41) is -0.0208. The Labute approximate surface area is 92.2 Å². The Kier molecular flexibility index (Phi) is 3.88. The van der Waals surface area contributed by atoms with Gasteiger partial charge in [0, 0.05) is 0 Å². The van der Waals surface area contributed by atoms with Crippen molar-refractivity contribution < 1.29 is 8.78 Å². The van der Waals surface area contributed by atoms with Gasteiger partial charge in [0.15, 0.2) is 0 Å². The van der Waals surface area contributed by atoms with Gasteiger partial charge in [0.25, 0.3) is 6.43 Å². The van der Waals surface area contributed by atoms with Crippen LogP contribution in [-0.4, -0.2) is 4.98 Å². The van der Waals surface area contributed by atoms with Crippen LogP contribution in [0.1, 0.15) is 17.7 Å². The van der Waals surface area contributed by atoms with Gasteiger partial charge in [-0.2, -0.15) is 0 Å². The smallest absolute Gasteiger partial charge is 0.244 e. The number of rotatable bonds is 2. The van der Waals surface area contributed by atoms with E-state index in [0.717, 1.165) is 0 Å². The van der Waals surface area contributed by atoms with Crippen molar-refractivity contribution in [2.24, 2.45) is 0 Å². The van der Waals surface area contributed by atoms with Gasteiger partial charge in [-0.3, -0.25) is 0 Å². The largest absolute Gasteiger partial charge is 0.267 e. The molecule has 0 aromatic carbocycles. The molecule has 0 aliphatic rings. The average molecular weight is 291 g/mol. The number of hydrogen-bond donors (Lipinski definition) is 0. The number of alkyl halides is 3. The molecule has 72 valence electrons. The number of pyridine rings is 1. The summed E-state index contributed by atoms with van der Waals surface area (Å²) in [5.74, 6) is 0.141. The maximum atomic E-state index is 12.3. The van der Waals surface area contributed by atoms with E-state index in [1.54, 1.807) is 0 Å². The second kappa shape index (κ2) is 4.53. The highest BCUT2D eigenvalue weighted by atomic mass is 79.9. The fourth-order valence-electron chi connectivity index (χ4n) is 0.804. The van der Waals surface area contributed by atoms with Gasteiger partial charge in [0.05, 0.1) is 22.2 Å². The average Bonchev–Trinajstić information content (AvgIpc) is 2.02. The third-order valence-electron chi connectivity index (χ3n) is 1.37. The van der Waals surface area contributed by atoms with Crippen molar-refractivity contribution in [3.63, 3.8) is 0 Å². The summed E-state index contributed by atoms with van der Waals surface area (Å²) in [5.41, 5.74) is 0.165. The molecule has 0 bridgehead atoms. The van der Waals surface area contributed by atoms with Gasteiger partial charge in [-0.05, 0) is 22.0 Å². The van der Waals surface area contributed by atoms with Crippen molar-refractivity contribution in [3.8, 4) is 0 Å². The first kappa shape index (κ1) is 11.1. The van der Waals surface area contributed by atoms with Crippen LogP contribution in [0, 0.1) is 0 Å². The first-order chi connectivity index (χ1) is 6.06. The predicted octanol–water partition coefficient (Wildman–Crippen LogP) is 4.17. The predicted molar refractivity (Wildman–Crippen MR) is 51.5 cm³/mol. The fourth-order valence-corrected chi connectivity index (χ4v) is 1.97. The van der Waals surface area contributed by atoms with Gasteiger partial charge in [-0.15, -0.1) is 11.6 Å². The van der Waals surface area contributed by atoms with Crippen molar-refractivity contribution >= 4 is 39.1 Å². The molecule has 1 rings (SSSR count). The molecular formula is C7H4BrCl2F2N. The Morgan fingerprint density at radius 2 is 2.15 bits per heavy atom. The topological polar surface area (TPSA) is 12.9 Å². The van der Waals surface area contributed by atoms with Gasteiger partial charge >= 0.3 is 0 Å². The highest BCUT2D eigenvalue weighted by Gasteiger charge is 2.17. The lowest BCUT2D eigenvalue weighted by atomic mass is 10.2. The summed E-state index contributed by atoms with van der Waals surface area (Å²) in [7, 11) is 0. The van der Waals surface area contributed by atoms with E-state index in [9.17, 15) is 8.78 Å². The summed E-state index contributed by atoms with van der Waals surface area (Å²) >= 11 is 14.0. The molecule has 6 heteroatoms. The van der Waals surface area contributed by atoms with E-state index >= 15 is 0 Å². The molecule has 0 spiro atoms. The first-order valence-corrected chi connectivity index (χ1v) is 4.95. The molecule has 0 atom stereocenters. The Morgan fingerprint density at radius 3 is 2.54 bits per heavy atom. The lowest BCUT2D eigenvalue weighted by molar-refractivity contribution is 0.150. The SMILES string of the molecule is FC(F)c1c(Cl)cc(CCl)nc1Br. The Bertz CT molecular complexity index is 296. The van der Waals surface area contributed by atoms with E-state index in [4.69, 9.17) is 23.2 Å². The van der Waals surface area contributed by atoms with Crippen LogP contribution in [-0.2, 0) is 5.88 Å². The van der Waals surface area contributed by atoms with E-state index in [0.29, 0.717) is 5.69 Å². The molecule has 13 heavy (non-hydrogen) atoms. The summed E-state index contributed by atoms with van der Waals surface area (Å²) in [6.45, 7) is 0. The summed E-state index contributed by atoms with van der Waals surface area (Å²) in [6.07, 6.45) is -2.64. The zero-order valence-electron chi connectivity index (χ0n) is 6.20. The number of nitrogens with zero attached hydrogens (tertiary/aromatic N) is 1. The Hall–Kier alpha value is 0.0700. The van der Waals surface area contributed by atoms with Crippen LogP contribution >= 0.6 is 39.1 Å². The number of hydrogen-bond acceptors (Lipinski definition) is 1. The van der Waals surface area contributed by atoms with Crippen molar-refractivity contribution in [3.05, 3.63) is 26.9 Å². The molecule has 1 aromatic rings. The molecule has 0 fully saturated rings. The molecule has 0 N–H and O–H groups in total. The zero-order valence-corrected chi connectivity index (χ0v) is 9.30. The van der Waals surface area contributed by atoms with Crippen molar-refractivity contribution in [2.75, 3.05) is 0 Å². The van der Waals surface area contributed by atoms with Crippen LogP contribution in [0.15, 0.2) is 10.7 Å². The quantitative estimate of drug-likeness (QED) is 0.588. The van der Waals surface area contributed by atoms with Crippen molar-refractivity contribution in [1.29, 1.82) is 0 Å². The van der Waals surface area contributed by atoms with E-state index in [1.807, 2.05) is 0 Å². The molecule has 1 aromatic heterocycles. The van der Waals surface area contributed by atoms with E-state index in [-0.39, 0.29) is 21.1 Å². The molecule has 0 saturated heterocycles. The van der Waals surface area contributed by atoms with E-state index in [2.05, 4.69) is 20.9 Å². The Balaban J connectivity index is 3.23. The zero-order chi connectivity index (χ0) is 10.0. The van der Waals surface area contributed by atoms with E-state index < -0.39 is 6.43 Å². The van der Waals surface area contributed by atoms with Crippen molar-refractivity contribution in [2.45, 2.75) is 12.3 Å². The number of halogens is 5. The highest BCUT2D eigenvalue weighted by Crippen LogP contribution is 2.33. The molecule has 0 radical (unpaired) electrons. The minimum Gasteiger partial charge on any atom is -0.244 e. The van der Waals surface area contributed by atoms with Gasteiger partial charge in [-0.1, -0.05) is 11.6 Å². The van der Waals surface area contributed by atoms with Crippen LogP contribution < -0.4 is 0 Å². The van der Waals surface area contributed by atoms with Crippen molar-refractivity contribution in [1.82, 2.24) is 4.98 Å². The minimum absolute atomic E-state index is 0.0208. The second-order valence-corrected chi connectivity index (χ2v) is 3.66. The normalized spacial score (nSPS) is 10.9. The van der Waals surface area contributed by atoms with Gasteiger partial charge < -0.3 is 0 Å². The lowest BCUT2D eigenvalue weighted by Crippen LogP contribution is -1.95. The summed E-state index contributed by atoms with van der Waals surface area (Å²) in [6, 6.07) is 1.33. The monoisotopic (exact) mass is 289 g/mol. The standard InChI is InChI=1S/C7H4BrCl2F2N/c8-6-5(7(11)12)4(10)1-3(2-9)13-6/h1,7H,2H2. The summed E-state index contributed by atoms with van der Waals surface area (Å²) < 4.78 is 24.7. The van der Waals surface area contributed by atoms with Crippen LogP contribution in [0.3, 0.4) is 0 Å². The van der Waals surface area contributed by atoms with Crippen LogP contribution in [0.5, 0.6) is 0 Å². The van der Waals surface area contributed by atoms with Gasteiger partial charge in [-0.25, -0.2) is 13.8 Å². The van der Waals surface area contributed by atoms with Gasteiger partial charge in [0.2, 0.25) is 0 Å². The maximum Gasteiger partial charge on any atom is 0.267 e. The molecule has 0 saturated carbocycles. The molecule has 0 aliphatic heterocycles. The molecule has 0 amide bonds. The maximum absolute atomic E-state index is 12.3. The molecular weight excluding hydrogens is 287 g/mol. The Morgan fingerprint density at radius 1 is 1.54 bits per heavy atom. The first-order valence-electron chi connectivity index (χ1n) is 3.25. The van der Waals surface area contributed by atoms with Crippen LogP contribution in [0.4, 0.5) is 8.78 Å². The summed E-state index contributed by atoms with van der Waals surface area (Å²) in [4.78, 5) is 3.79. The fraction of sp³-hybridized carbons (Fsp3) is 0.286. The second-order valence-electron chi connectivity index (χ2n) is 2.23. The van der Waals surface area contributed by atoms with Crippen LogP contribution in [0.25, 0.3) is 0 Å². The lowest BCUT2D eigenvalue weighted by Gasteiger charge is -2.06. The molecule has 1 heterocycles.